The average Bonchev–Trinajstić information content (AvgIpc) is 2.54. The van der Waals surface area contributed by atoms with Gasteiger partial charge in [-0.05, 0) is 44.4 Å². The lowest BCUT2D eigenvalue weighted by molar-refractivity contribution is 0.0389. The van der Waals surface area contributed by atoms with Crippen LogP contribution in [0.4, 0.5) is 0 Å². The maximum absolute atomic E-state index is 5.39. The molecule has 1 aliphatic heterocycles. The molecule has 0 saturated carbocycles. The van der Waals surface area contributed by atoms with Gasteiger partial charge in [-0.3, -0.25) is 4.90 Å². The molecule has 1 aliphatic rings. The molecule has 1 aromatic rings. The molecule has 142 valence electrons. The summed E-state index contributed by atoms with van der Waals surface area (Å²) in [5.74, 6) is 0.894. The number of ether oxygens (including phenoxy) is 1. The summed E-state index contributed by atoms with van der Waals surface area (Å²) in [6.07, 6.45) is 0. The molecule has 6 heteroatoms. The fourth-order valence-electron chi connectivity index (χ4n) is 3.12. The maximum Gasteiger partial charge on any atom is 0.191 e. The number of rotatable bonds is 6. The van der Waals surface area contributed by atoms with Crippen LogP contribution >= 0.6 is 24.0 Å². The zero-order chi connectivity index (χ0) is 17.4. The number of halogens is 1. The van der Waals surface area contributed by atoms with E-state index >= 15 is 0 Å². The van der Waals surface area contributed by atoms with Crippen molar-refractivity contribution in [1.82, 2.24) is 15.5 Å². The Bertz CT molecular complexity index is 533. The summed E-state index contributed by atoms with van der Waals surface area (Å²) in [6, 6.07) is 4.47. The van der Waals surface area contributed by atoms with Crippen LogP contribution in [0, 0.1) is 20.8 Å². The Morgan fingerprint density at radius 3 is 2.36 bits per heavy atom. The molecule has 2 rings (SSSR count). The second-order valence-electron chi connectivity index (χ2n) is 6.45. The predicted octanol–water partition coefficient (Wildman–Crippen LogP) is 2.62. The van der Waals surface area contributed by atoms with Crippen LogP contribution in [-0.4, -0.2) is 56.8 Å². The molecule has 2 N–H and O–H groups in total. The van der Waals surface area contributed by atoms with Crippen molar-refractivity contribution in [2.75, 3.05) is 45.9 Å². The number of aliphatic imine (C=N–C) groups is 1. The lowest BCUT2D eigenvalue weighted by atomic mass is 10.00. The van der Waals surface area contributed by atoms with Gasteiger partial charge >= 0.3 is 0 Å². The zero-order valence-electron chi connectivity index (χ0n) is 16.0. The van der Waals surface area contributed by atoms with Gasteiger partial charge in [0.1, 0.15) is 0 Å². The number of aryl methyl sites for hydroxylation is 3. The quantitative estimate of drug-likeness (QED) is 0.390. The highest BCUT2D eigenvalue weighted by molar-refractivity contribution is 14.0. The van der Waals surface area contributed by atoms with E-state index in [1.165, 1.54) is 22.3 Å². The molecule has 0 aliphatic carbocycles. The summed E-state index contributed by atoms with van der Waals surface area (Å²) in [5, 5.41) is 6.78. The summed E-state index contributed by atoms with van der Waals surface area (Å²) in [7, 11) is 0. The monoisotopic (exact) mass is 460 g/mol. The molecule has 0 spiro atoms. The Morgan fingerprint density at radius 2 is 1.76 bits per heavy atom. The second-order valence-corrected chi connectivity index (χ2v) is 6.45. The van der Waals surface area contributed by atoms with Crippen LogP contribution in [0.15, 0.2) is 17.1 Å². The molecule has 1 saturated heterocycles. The summed E-state index contributed by atoms with van der Waals surface area (Å²) < 4.78 is 5.39. The first-order valence-electron chi connectivity index (χ1n) is 8.99. The Labute approximate surface area is 169 Å². The van der Waals surface area contributed by atoms with Gasteiger partial charge in [0.25, 0.3) is 0 Å². The SMILES string of the molecule is CCNC(=NCc1c(C)cc(C)cc1C)NCCN1CCOCC1.I. The van der Waals surface area contributed by atoms with E-state index in [9.17, 15) is 0 Å². The second kappa shape index (κ2) is 11.7. The minimum atomic E-state index is 0. The maximum atomic E-state index is 5.39. The third-order valence-electron chi connectivity index (χ3n) is 4.40. The van der Waals surface area contributed by atoms with E-state index in [1.54, 1.807) is 0 Å². The smallest absolute Gasteiger partial charge is 0.191 e. The molecule has 5 nitrogen and oxygen atoms in total. The number of nitrogens with zero attached hydrogens (tertiary/aromatic N) is 2. The lowest BCUT2D eigenvalue weighted by Gasteiger charge is -2.26. The standard InChI is InChI=1S/C19H32N4O.HI/c1-5-20-19(21-6-7-23-8-10-24-11-9-23)22-14-18-16(3)12-15(2)13-17(18)4;/h12-13H,5-11,14H2,1-4H3,(H2,20,21,22);1H. The Balaban J connectivity index is 0.00000312. The molecule has 0 bridgehead atoms. The van der Waals surface area contributed by atoms with E-state index in [-0.39, 0.29) is 24.0 Å². The van der Waals surface area contributed by atoms with Crippen molar-refractivity contribution in [3.8, 4) is 0 Å². The van der Waals surface area contributed by atoms with Crippen LogP contribution < -0.4 is 10.6 Å². The van der Waals surface area contributed by atoms with Gasteiger partial charge < -0.3 is 15.4 Å². The number of benzene rings is 1. The van der Waals surface area contributed by atoms with Crippen LogP contribution in [0.2, 0.25) is 0 Å². The van der Waals surface area contributed by atoms with Gasteiger partial charge in [0.05, 0.1) is 19.8 Å². The molecule has 1 heterocycles. The lowest BCUT2D eigenvalue weighted by Crippen LogP contribution is -2.44. The number of morpholine rings is 1. The van der Waals surface area contributed by atoms with Crippen LogP contribution in [-0.2, 0) is 11.3 Å². The first-order chi connectivity index (χ1) is 11.6. The minimum Gasteiger partial charge on any atom is -0.379 e. The van der Waals surface area contributed by atoms with Crippen molar-refractivity contribution in [2.45, 2.75) is 34.2 Å². The first-order valence-corrected chi connectivity index (χ1v) is 8.99. The largest absolute Gasteiger partial charge is 0.379 e. The highest BCUT2D eigenvalue weighted by atomic mass is 127. The predicted molar refractivity (Wildman–Crippen MR) is 116 cm³/mol. The van der Waals surface area contributed by atoms with Gasteiger partial charge in [0.2, 0.25) is 0 Å². The van der Waals surface area contributed by atoms with E-state index in [4.69, 9.17) is 9.73 Å². The average molecular weight is 460 g/mol. The van der Waals surface area contributed by atoms with Gasteiger partial charge in [-0.25, -0.2) is 4.99 Å². The fraction of sp³-hybridized carbons (Fsp3) is 0.632. The van der Waals surface area contributed by atoms with Gasteiger partial charge in [-0.1, -0.05) is 17.7 Å². The number of guanidine groups is 1. The van der Waals surface area contributed by atoms with Crippen molar-refractivity contribution in [2.24, 2.45) is 4.99 Å². The Kier molecular flexibility index (Phi) is 10.4. The summed E-state index contributed by atoms with van der Waals surface area (Å²) in [4.78, 5) is 7.19. The van der Waals surface area contributed by atoms with Gasteiger partial charge in [-0.15, -0.1) is 24.0 Å². The Morgan fingerprint density at radius 1 is 1.12 bits per heavy atom. The van der Waals surface area contributed by atoms with Crippen LogP contribution in [0.25, 0.3) is 0 Å². The topological polar surface area (TPSA) is 48.9 Å². The van der Waals surface area contributed by atoms with Crippen LogP contribution in [0.5, 0.6) is 0 Å². The van der Waals surface area contributed by atoms with Gasteiger partial charge in [0, 0.05) is 32.7 Å². The molecule has 0 amide bonds. The van der Waals surface area contributed by atoms with Crippen molar-refractivity contribution in [1.29, 1.82) is 0 Å². The molecule has 0 unspecified atom stereocenters. The molecule has 1 aromatic carbocycles. The van der Waals surface area contributed by atoms with Crippen LogP contribution in [0.3, 0.4) is 0 Å². The molecule has 0 aromatic heterocycles. The molecule has 1 fully saturated rings. The van der Waals surface area contributed by atoms with Crippen molar-refractivity contribution in [3.05, 3.63) is 34.4 Å². The summed E-state index contributed by atoms with van der Waals surface area (Å²) in [6.45, 7) is 15.8. The van der Waals surface area contributed by atoms with E-state index < -0.39 is 0 Å². The highest BCUT2D eigenvalue weighted by Crippen LogP contribution is 2.17. The van der Waals surface area contributed by atoms with Crippen molar-refractivity contribution < 1.29 is 4.74 Å². The van der Waals surface area contributed by atoms with Crippen molar-refractivity contribution in [3.63, 3.8) is 0 Å². The zero-order valence-corrected chi connectivity index (χ0v) is 18.4. The number of hydrogen-bond acceptors (Lipinski definition) is 3. The van der Waals surface area contributed by atoms with E-state index in [1.807, 2.05) is 0 Å². The van der Waals surface area contributed by atoms with E-state index in [2.05, 4.69) is 55.4 Å². The fourth-order valence-corrected chi connectivity index (χ4v) is 3.12. The molecular weight excluding hydrogens is 427 g/mol. The molecule has 0 radical (unpaired) electrons. The van der Waals surface area contributed by atoms with Gasteiger partial charge in [0.15, 0.2) is 5.96 Å². The Hall–Kier alpha value is -0.860. The molecular formula is C19H33IN4O. The van der Waals surface area contributed by atoms with Gasteiger partial charge in [-0.2, -0.15) is 0 Å². The minimum absolute atomic E-state index is 0. The normalized spacial score (nSPS) is 15.6. The summed E-state index contributed by atoms with van der Waals surface area (Å²) in [5.41, 5.74) is 5.28. The first kappa shape index (κ1) is 22.2. The molecule has 25 heavy (non-hydrogen) atoms. The summed E-state index contributed by atoms with van der Waals surface area (Å²) >= 11 is 0. The molecule has 0 atom stereocenters. The van der Waals surface area contributed by atoms with E-state index in [0.29, 0.717) is 6.54 Å². The highest BCUT2D eigenvalue weighted by Gasteiger charge is 2.10. The van der Waals surface area contributed by atoms with E-state index in [0.717, 1.165) is 51.9 Å². The third kappa shape index (κ3) is 7.50. The van der Waals surface area contributed by atoms with Crippen molar-refractivity contribution >= 4 is 29.9 Å². The van der Waals surface area contributed by atoms with Crippen LogP contribution in [0.1, 0.15) is 29.2 Å². The number of nitrogens with one attached hydrogen (secondary N) is 2. The third-order valence-corrected chi connectivity index (χ3v) is 4.40. The number of hydrogen-bond donors (Lipinski definition) is 2.